The molecule has 2 nitrogen and oxygen atoms in total. The zero-order valence-electron chi connectivity index (χ0n) is 13.7. The summed E-state index contributed by atoms with van der Waals surface area (Å²) in [5.41, 5.74) is 10.1. The molecule has 1 heterocycles. The van der Waals surface area contributed by atoms with Crippen LogP contribution >= 0.6 is 11.3 Å². The highest BCUT2D eigenvalue weighted by Crippen LogP contribution is 2.29. The normalized spacial score (nSPS) is 13.7. The maximum absolute atomic E-state index is 6.37. The van der Waals surface area contributed by atoms with Gasteiger partial charge < -0.3 is 5.73 Å². The van der Waals surface area contributed by atoms with Crippen LogP contribution in [0.4, 0.5) is 0 Å². The van der Waals surface area contributed by atoms with Gasteiger partial charge in [0.1, 0.15) is 5.01 Å². The van der Waals surface area contributed by atoms with E-state index in [1.807, 2.05) is 0 Å². The smallest absolute Gasteiger partial charge is 0.114 e. The third-order valence-corrected chi connectivity index (χ3v) is 4.47. The van der Waals surface area contributed by atoms with Gasteiger partial charge in [-0.3, -0.25) is 0 Å². The molecule has 0 spiro atoms. The molecule has 0 saturated carbocycles. The third kappa shape index (κ3) is 4.14. The third-order valence-electron chi connectivity index (χ3n) is 3.54. The van der Waals surface area contributed by atoms with Crippen LogP contribution in [0.1, 0.15) is 62.5 Å². The summed E-state index contributed by atoms with van der Waals surface area (Å²) in [6.07, 6.45) is 1.11. The van der Waals surface area contributed by atoms with Crippen molar-refractivity contribution in [1.82, 2.24) is 4.98 Å². The van der Waals surface area contributed by atoms with Crippen molar-refractivity contribution in [1.29, 1.82) is 0 Å². The molecule has 2 aromatic rings. The molecule has 0 fully saturated rings. The lowest BCUT2D eigenvalue weighted by molar-refractivity contribution is 0.569. The first-order valence-electron chi connectivity index (χ1n) is 7.57. The molecule has 0 aliphatic rings. The van der Waals surface area contributed by atoms with Crippen molar-refractivity contribution in [3.63, 3.8) is 0 Å². The first-order chi connectivity index (χ1) is 9.77. The van der Waals surface area contributed by atoms with E-state index < -0.39 is 0 Å². The Kier molecular flexibility index (Phi) is 4.84. The lowest BCUT2D eigenvalue weighted by Crippen LogP contribution is -2.15. The minimum Gasteiger partial charge on any atom is -0.318 e. The zero-order valence-corrected chi connectivity index (χ0v) is 14.5. The summed E-state index contributed by atoms with van der Waals surface area (Å²) in [5.74, 6) is 0.679. The Balaban J connectivity index is 2.16. The number of hydrogen-bond acceptors (Lipinski definition) is 3. The Morgan fingerprint density at radius 3 is 2.24 bits per heavy atom. The Bertz CT molecular complexity index is 576. The molecule has 1 unspecified atom stereocenters. The summed E-state index contributed by atoms with van der Waals surface area (Å²) in [4.78, 5) is 4.72. The Morgan fingerprint density at radius 2 is 1.76 bits per heavy atom. The number of nitrogens with two attached hydrogens (primary N) is 1. The van der Waals surface area contributed by atoms with Crippen molar-refractivity contribution in [2.24, 2.45) is 11.7 Å². The summed E-state index contributed by atoms with van der Waals surface area (Å²) >= 11 is 1.66. The topological polar surface area (TPSA) is 38.9 Å². The van der Waals surface area contributed by atoms with E-state index in [0.29, 0.717) is 5.92 Å². The van der Waals surface area contributed by atoms with E-state index >= 15 is 0 Å². The molecular weight excluding hydrogens is 276 g/mol. The summed E-state index contributed by atoms with van der Waals surface area (Å²) < 4.78 is 0. The van der Waals surface area contributed by atoms with Gasteiger partial charge in [-0.05, 0) is 23.5 Å². The summed E-state index contributed by atoms with van der Waals surface area (Å²) in [6, 6.07) is 8.53. The van der Waals surface area contributed by atoms with Crippen molar-refractivity contribution < 1.29 is 0 Å². The van der Waals surface area contributed by atoms with E-state index in [2.05, 4.69) is 64.3 Å². The monoisotopic (exact) mass is 302 g/mol. The molecule has 2 rings (SSSR count). The summed E-state index contributed by atoms with van der Waals surface area (Å²) in [6.45, 7) is 11.0. The number of benzene rings is 1. The molecule has 0 bridgehead atoms. The molecule has 114 valence electrons. The predicted octanol–water partition coefficient (Wildman–Crippen LogP) is 4.69. The lowest BCUT2D eigenvalue weighted by Gasteiger charge is -2.15. The van der Waals surface area contributed by atoms with E-state index in [4.69, 9.17) is 10.7 Å². The predicted molar refractivity (Wildman–Crippen MR) is 91.8 cm³/mol. The maximum Gasteiger partial charge on any atom is 0.114 e. The highest BCUT2D eigenvalue weighted by molar-refractivity contribution is 7.09. The fourth-order valence-corrected chi connectivity index (χ4v) is 3.32. The van der Waals surface area contributed by atoms with Gasteiger partial charge in [0.25, 0.3) is 0 Å². The first-order valence-corrected chi connectivity index (χ1v) is 8.45. The molecule has 0 amide bonds. The molecule has 1 aromatic carbocycles. The van der Waals surface area contributed by atoms with Gasteiger partial charge in [0.05, 0.1) is 11.7 Å². The van der Waals surface area contributed by atoms with Crippen LogP contribution in [-0.2, 0) is 11.8 Å². The van der Waals surface area contributed by atoms with Gasteiger partial charge in [0.2, 0.25) is 0 Å². The molecule has 0 radical (unpaired) electrons. The van der Waals surface area contributed by atoms with Crippen LogP contribution < -0.4 is 5.73 Å². The average molecular weight is 302 g/mol. The Hall–Kier alpha value is -1.19. The van der Waals surface area contributed by atoms with Crippen LogP contribution in [-0.4, -0.2) is 4.98 Å². The van der Waals surface area contributed by atoms with Gasteiger partial charge in [-0.1, -0.05) is 58.9 Å². The number of rotatable bonds is 4. The molecule has 0 aliphatic heterocycles. The van der Waals surface area contributed by atoms with Gasteiger partial charge in [-0.15, -0.1) is 11.3 Å². The molecule has 3 heteroatoms. The number of nitrogens with zero attached hydrogens (tertiary/aromatic N) is 1. The SMILES string of the molecule is CC(C)Cc1ccc(C(N)c2nc(C(C)(C)C)cs2)cc1. The van der Waals surface area contributed by atoms with Gasteiger partial charge >= 0.3 is 0 Å². The summed E-state index contributed by atoms with van der Waals surface area (Å²) in [5, 5.41) is 3.12. The van der Waals surface area contributed by atoms with E-state index in [1.165, 1.54) is 5.56 Å². The summed E-state index contributed by atoms with van der Waals surface area (Å²) in [7, 11) is 0. The molecule has 0 saturated heterocycles. The molecular formula is C18H26N2S. The number of thiazole rings is 1. The second-order valence-corrected chi connectivity index (χ2v) is 8.03. The van der Waals surface area contributed by atoms with E-state index in [1.54, 1.807) is 11.3 Å². The van der Waals surface area contributed by atoms with Crippen molar-refractivity contribution in [2.75, 3.05) is 0 Å². The number of hydrogen-bond donors (Lipinski definition) is 1. The van der Waals surface area contributed by atoms with E-state index in [-0.39, 0.29) is 11.5 Å². The van der Waals surface area contributed by atoms with Crippen molar-refractivity contribution in [3.8, 4) is 0 Å². The van der Waals surface area contributed by atoms with Crippen LogP contribution in [0, 0.1) is 5.92 Å². The van der Waals surface area contributed by atoms with Crippen LogP contribution in [0.15, 0.2) is 29.6 Å². The van der Waals surface area contributed by atoms with E-state index in [0.717, 1.165) is 22.7 Å². The van der Waals surface area contributed by atoms with E-state index in [9.17, 15) is 0 Å². The lowest BCUT2D eigenvalue weighted by atomic mass is 9.93. The van der Waals surface area contributed by atoms with Crippen LogP contribution in [0.3, 0.4) is 0 Å². The zero-order chi connectivity index (χ0) is 15.6. The Labute approximate surface area is 132 Å². The van der Waals surface area contributed by atoms with Gasteiger partial charge in [-0.25, -0.2) is 4.98 Å². The fraction of sp³-hybridized carbons (Fsp3) is 0.500. The van der Waals surface area contributed by atoms with Crippen molar-refractivity contribution in [3.05, 3.63) is 51.5 Å². The van der Waals surface area contributed by atoms with Crippen molar-refractivity contribution in [2.45, 2.75) is 52.5 Å². The second kappa shape index (κ2) is 6.29. The molecule has 0 aliphatic carbocycles. The molecule has 21 heavy (non-hydrogen) atoms. The van der Waals surface area contributed by atoms with Gasteiger partial charge in [0, 0.05) is 10.8 Å². The van der Waals surface area contributed by atoms with Gasteiger partial charge in [0.15, 0.2) is 0 Å². The number of aromatic nitrogens is 1. The molecule has 1 aromatic heterocycles. The quantitative estimate of drug-likeness (QED) is 0.890. The van der Waals surface area contributed by atoms with Crippen molar-refractivity contribution >= 4 is 11.3 Å². The maximum atomic E-state index is 6.37. The largest absolute Gasteiger partial charge is 0.318 e. The van der Waals surface area contributed by atoms with Crippen LogP contribution in [0.5, 0.6) is 0 Å². The minimum atomic E-state index is -0.126. The molecule has 2 N–H and O–H groups in total. The highest BCUT2D eigenvalue weighted by atomic mass is 32.1. The van der Waals surface area contributed by atoms with Gasteiger partial charge in [-0.2, -0.15) is 0 Å². The average Bonchev–Trinajstić information content (AvgIpc) is 2.87. The minimum absolute atomic E-state index is 0.0790. The Morgan fingerprint density at radius 1 is 1.14 bits per heavy atom. The molecule has 1 atom stereocenters. The first kappa shape index (κ1) is 16.2. The van der Waals surface area contributed by atoms with Crippen LogP contribution in [0.2, 0.25) is 0 Å². The second-order valence-electron chi connectivity index (χ2n) is 7.14. The fourth-order valence-electron chi connectivity index (χ4n) is 2.25. The van der Waals surface area contributed by atoms with Crippen LogP contribution in [0.25, 0.3) is 0 Å². The standard InChI is InChI=1S/C18H26N2S/c1-12(2)10-13-6-8-14(9-7-13)16(19)17-20-15(11-21-17)18(3,4)5/h6-9,11-12,16H,10,19H2,1-5H3. The highest BCUT2D eigenvalue weighted by Gasteiger charge is 2.20.